The first-order valence-corrected chi connectivity index (χ1v) is 3.15. The summed E-state index contributed by atoms with van der Waals surface area (Å²) in [5.74, 6) is -0.114. The Kier molecular flexibility index (Phi) is 1.71. The third kappa shape index (κ3) is 1.42. The van der Waals surface area contributed by atoms with Crippen molar-refractivity contribution < 1.29 is 9.53 Å². The van der Waals surface area contributed by atoms with E-state index in [1.165, 1.54) is 0 Å². The van der Waals surface area contributed by atoms with E-state index in [2.05, 4.69) is 0 Å². The molecule has 0 saturated carbocycles. The van der Waals surface area contributed by atoms with E-state index in [0.717, 1.165) is 6.42 Å². The summed E-state index contributed by atoms with van der Waals surface area (Å²) in [6.45, 7) is 1.85. The monoisotopic (exact) mass is 129 g/mol. The van der Waals surface area contributed by atoms with Gasteiger partial charge in [-0.15, -0.1) is 0 Å². The van der Waals surface area contributed by atoms with E-state index in [0.29, 0.717) is 6.42 Å². The van der Waals surface area contributed by atoms with E-state index < -0.39 is 0 Å². The van der Waals surface area contributed by atoms with Crippen LogP contribution in [0.4, 0.5) is 0 Å². The van der Waals surface area contributed by atoms with Gasteiger partial charge in [0.1, 0.15) is 6.10 Å². The highest BCUT2D eigenvalue weighted by Gasteiger charge is 2.25. The molecule has 1 aliphatic heterocycles. The van der Waals surface area contributed by atoms with E-state index in [-0.39, 0.29) is 18.1 Å². The molecule has 2 atom stereocenters. The van der Waals surface area contributed by atoms with Crippen LogP contribution >= 0.6 is 0 Å². The summed E-state index contributed by atoms with van der Waals surface area (Å²) < 4.78 is 4.86. The lowest BCUT2D eigenvalue weighted by atomic mass is 10.1. The van der Waals surface area contributed by atoms with Gasteiger partial charge < -0.3 is 10.5 Å². The first-order chi connectivity index (χ1) is 4.20. The Morgan fingerprint density at radius 3 is 2.78 bits per heavy atom. The fourth-order valence-electron chi connectivity index (χ4n) is 0.917. The van der Waals surface area contributed by atoms with Crippen LogP contribution in [0.15, 0.2) is 0 Å². The van der Waals surface area contributed by atoms with Gasteiger partial charge in [0.25, 0.3) is 0 Å². The number of nitrogens with two attached hydrogens (primary N) is 1. The van der Waals surface area contributed by atoms with Crippen molar-refractivity contribution in [1.29, 1.82) is 0 Å². The molecule has 1 fully saturated rings. The third-order valence-corrected chi connectivity index (χ3v) is 1.50. The summed E-state index contributed by atoms with van der Waals surface area (Å²) in [4.78, 5) is 10.5. The van der Waals surface area contributed by atoms with Crippen LogP contribution in [0, 0.1) is 0 Å². The minimum atomic E-state index is -0.114. The second-order valence-electron chi connectivity index (χ2n) is 2.43. The topological polar surface area (TPSA) is 52.3 Å². The maximum Gasteiger partial charge on any atom is 0.306 e. The first-order valence-electron chi connectivity index (χ1n) is 3.15. The summed E-state index contributed by atoms with van der Waals surface area (Å²) in [5.41, 5.74) is 5.48. The van der Waals surface area contributed by atoms with Gasteiger partial charge in [-0.05, 0) is 13.3 Å². The van der Waals surface area contributed by atoms with Crippen molar-refractivity contribution in [2.24, 2.45) is 5.73 Å². The molecule has 1 saturated heterocycles. The molecule has 3 heteroatoms. The number of hydrogen-bond acceptors (Lipinski definition) is 3. The summed E-state index contributed by atoms with van der Waals surface area (Å²) in [6, 6.07) is -0.0172. The zero-order chi connectivity index (χ0) is 6.85. The van der Waals surface area contributed by atoms with Gasteiger partial charge in [-0.3, -0.25) is 4.79 Å². The van der Waals surface area contributed by atoms with Gasteiger partial charge in [0, 0.05) is 12.5 Å². The van der Waals surface area contributed by atoms with E-state index in [4.69, 9.17) is 10.5 Å². The van der Waals surface area contributed by atoms with Crippen molar-refractivity contribution in [3.8, 4) is 0 Å². The van der Waals surface area contributed by atoms with Crippen LogP contribution in [0.5, 0.6) is 0 Å². The van der Waals surface area contributed by atoms with Crippen LogP contribution in [0.1, 0.15) is 19.8 Å². The fraction of sp³-hybridized carbons (Fsp3) is 0.833. The maximum absolute atomic E-state index is 10.5. The van der Waals surface area contributed by atoms with Crippen molar-refractivity contribution in [2.75, 3.05) is 0 Å². The van der Waals surface area contributed by atoms with Crippen LogP contribution in [0.25, 0.3) is 0 Å². The van der Waals surface area contributed by atoms with Gasteiger partial charge in [-0.2, -0.15) is 0 Å². The summed E-state index contributed by atoms with van der Waals surface area (Å²) in [6.07, 6.45) is 1.29. The lowest BCUT2D eigenvalue weighted by Crippen LogP contribution is -2.30. The van der Waals surface area contributed by atoms with Crippen LogP contribution in [0.3, 0.4) is 0 Å². The van der Waals surface area contributed by atoms with Gasteiger partial charge in [-0.1, -0.05) is 0 Å². The predicted octanol–water partition coefficient (Wildman–Crippen LogP) is 0.0392. The highest BCUT2D eigenvalue weighted by molar-refractivity contribution is 5.71. The normalized spacial score (nSPS) is 30.0. The molecule has 0 unspecified atom stereocenters. The zero-order valence-electron chi connectivity index (χ0n) is 5.46. The molecule has 2 N–H and O–H groups in total. The Morgan fingerprint density at radius 2 is 2.56 bits per heavy atom. The first kappa shape index (κ1) is 6.55. The molecule has 0 radical (unpaired) electrons. The predicted molar refractivity (Wildman–Crippen MR) is 32.8 cm³/mol. The lowest BCUT2D eigenvalue weighted by Gasteiger charge is -2.11. The van der Waals surface area contributed by atoms with Crippen LogP contribution in [0.2, 0.25) is 0 Å². The quantitative estimate of drug-likeness (QED) is 0.508. The van der Waals surface area contributed by atoms with E-state index in [1.807, 2.05) is 6.92 Å². The molecule has 0 amide bonds. The summed E-state index contributed by atoms with van der Waals surface area (Å²) in [7, 11) is 0. The van der Waals surface area contributed by atoms with E-state index in [1.54, 1.807) is 0 Å². The Labute approximate surface area is 54.2 Å². The molecule has 0 aromatic heterocycles. The number of carbonyl (C=O) groups excluding carboxylic acids is 1. The number of carbonyl (C=O) groups is 1. The molecule has 1 rings (SSSR count). The molecular formula is C6H11NO2. The van der Waals surface area contributed by atoms with Crippen molar-refractivity contribution in [3.05, 3.63) is 0 Å². The molecule has 1 aliphatic rings. The standard InChI is InChI=1S/C6H11NO2/c1-4(7)5-2-3-6(8)9-5/h4-5H,2-3,7H2,1H3/t4-,5-/m0/s1. The largest absolute Gasteiger partial charge is 0.461 e. The summed E-state index contributed by atoms with van der Waals surface area (Å²) >= 11 is 0. The second-order valence-corrected chi connectivity index (χ2v) is 2.43. The number of hydrogen-bond donors (Lipinski definition) is 1. The summed E-state index contributed by atoms with van der Waals surface area (Å²) in [5, 5.41) is 0. The highest BCUT2D eigenvalue weighted by atomic mass is 16.5. The minimum absolute atomic E-state index is 0.0172. The van der Waals surface area contributed by atoms with Gasteiger partial charge in [0.05, 0.1) is 0 Å². The average Bonchev–Trinajstić information content (AvgIpc) is 2.14. The third-order valence-electron chi connectivity index (χ3n) is 1.50. The minimum Gasteiger partial charge on any atom is -0.461 e. The van der Waals surface area contributed by atoms with Crippen LogP contribution in [-0.2, 0) is 9.53 Å². The van der Waals surface area contributed by atoms with Crippen molar-refractivity contribution in [1.82, 2.24) is 0 Å². The van der Waals surface area contributed by atoms with E-state index >= 15 is 0 Å². The number of esters is 1. The van der Waals surface area contributed by atoms with Crippen LogP contribution < -0.4 is 5.73 Å². The van der Waals surface area contributed by atoms with E-state index in [9.17, 15) is 4.79 Å². The van der Waals surface area contributed by atoms with Crippen molar-refractivity contribution >= 4 is 5.97 Å². The molecule has 1 heterocycles. The Morgan fingerprint density at radius 1 is 1.89 bits per heavy atom. The Hall–Kier alpha value is -0.570. The number of ether oxygens (including phenoxy) is 1. The Bertz CT molecular complexity index is 122. The molecular weight excluding hydrogens is 118 g/mol. The molecule has 9 heavy (non-hydrogen) atoms. The van der Waals surface area contributed by atoms with Crippen molar-refractivity contribution in [2.45, 2.75) is 31.9 Å². The molecule has 0 spiro atoms. The molecule has 0 aromatic rings. The maximum atomic E-state index is 10.5. The fourth-order valence-corrected chi connectivity index (χ4v) is 0.917. The molecule has 0 bridgehead atoms. The zero-order valence-corrected chi connectivity index (χ0v) is 5.46. The Balaban J connectivity index is 2.39. The molecule has 0 aliphatic carbocycles. The van der Waals surface area contributed by atoms with Crippen molar-refractivity contribution in [3.63, 3.8) is 0 Å². The van der Waals surface area contributed by atoms with Gasteiger partial charge >= 0.3 is 5.97 Å². The number of rotatable bonds is 1. The SMILES string of the molecule is C[C@H](N)[C@@H]1CCC(=O)O1. The van der Waals surface area contributed by atoms with Gasteiger partial charge in [0.15, 0.2) is 0 Å². The van der Waals surface area contributed by atoms with Gasteiger partial charge in [-0.25, -0.2) is 0 Å². The average molecular weight is 129 g/mol. The number of cyclic esters (lactones) is 1. The molecule has 52 valence electrons. The lowest BCUT2D eigenvalue weighted by molar-refractivity contribution is -0.141. The molecule has 0 aromatic carbocycles. The van der Waals surface area contributed by atoms with Crippen LogP contribution in [-0.4, -0.2) is 18.1 Å². The molecule has 3 nitrogen and oxygen atoms in total. The second kappa shape index (κ2) is 2.35. The van der Waals surface area contributed by atoms with Gasteiger partial charge in [0.2, 0.25) is 0 Å². The highest BCUT2D eigenvalue weighted by Crippen LogP contribution is 2.15. The smallest absolute Gasteiger partial charge is 0.306 e.